The van der Waals surface area contributed by atoms with E-state index in [1.54, 1.807) is 12.1 Å². The van der Waals surface area contributed by atoms with Gasteiger partial charge >= 0.3 is 5.97 Å². The maximum atomic E-state index is 12.1. The first-order valence-electron chi connectivity index (χ1n) is 8.32. The molecule has 4 nitrogen and oxygen atoms in total. The molecule has 0 aromatic heterocycles. The van der Waals surface area contributed by atoms with Crippen LogP contribution in [-0.4, -0.2) is 43.3 Å². The van der Waals surface area contributed by atoms with Gasteiger partial charge in [0.05, 0.1) is 12.2 Å². The Labute approximate surface area is 143 Å². The highest BCUT2D eigenvalue weighted by Crippen LogP contribution is 2.12. The van der Waals surface area contributed by atoms with Crippen LogP contribution in [0.2, 0.25) is 0 Å². The maximum absolute atomic E-state index is 12.1. The Bertz CT molecular complexity index is 654. The van der Waals surface area contributed by atoms with E-state index in [0.29, 0.717) is 12.2 Å². The van der Waals surface area contributed by atoms with Crippen molar-refractivity contribution in [1.82, 2.24) is 4.90 Å². The Kier molecular flexibility index (Phi) is 5.62. The van der Waals surface area contributed by atoms with Crippen molar-refractivity contribution < 1.29 is 14.3 Å². The van der Waals surface area contributed by atoms with Crippen molar-refractivity contribution in [3.63, 3.8) is 0 Å². The lowest BCUT2D eigenvalue weighted by Gasteiger charge is -2.32. The molecule has 4 heteroatoms. The Morgan fingerprint density at radius 1 is 1.17 bits per heavy atom. The number of benzene rings is 2. The molecule has 0 saturated carbocycles. The minimum absolute atomic E-state index is 0.0724. The van der Waals surface area contributed by atoms with Crippen molar-refractivity contribution in [3.8, 4) is 0 Å². The lowest BCUT2D eigenvalue weighted by molar-refractivity contribution is -0.0612. The smallest absolute Gasteiger partial charge is 0.338 e. The predicted octanol–water partition coefficient (Wildman–Crippen LogP) is 3.05. The van der Waals surface area contributed by atoms with Gasteiger partial charge in [-0.2, -0.15) is 0 Å². The van der Waals surface area contributed by atoms with E-state index in [4.69, 9.17) is 9.47 Å². The van der Waals surface area contributed by atoms with Gasteiger partial charge in [-0.25, -0.2) is 4.79 Å². The van der Waals surface area contributed by atoms with E-state index in [0.717, 1.165) is 25.2 Å². The predicted molar refractivity (Wildman–Crippen MR) is 92.9 cm³/mol. The standard InChI is InChI=1S/C20H23NO3/c1-16-7-9-18(10-8-16)20(22)24-15-19-14-21(11-12-23-19)13-17-5-3-2-4-6-17/h2-10,19H,11-15H2,1H3. The summed E-state index contributed by atoms with van der Waals surface area (Å²) in [4.78, 5) is 14.4. The summed E-state index contributed by atoms with van der Waals surface area (Å²) >= 11 is 0. The average Bonchev–Trinajstić information content (AvgIpc) is 2.61. The van der Waals surface area contributed by atoms with Gasteiger partial charge in [-0.3, -0.25) is 4.90 Å². The molecule has 0 aliphatic carbocycles. The Morgan fingerprint density at radius 3 is 2.67 bits per heavy atom. The van der Waals surface area contributed by atoms with Gasteiger partial charge in [0.15, 0.2) is 0 Å². The van der Waals surface area contributed by atoms with E-state index in [-0.39, 0.29) is 18.7 Å². The average molecular weight is 325 g/mol. The van der Waals surface area contributed by atoms with Gasteiger partial charge in [-0.05, 0) is 24.6 Å². The van der Waals surface area contributed by atoms with Crippen LogP contribution < -0.4 is 0 Å². The zero-order chi connectivity index (χ0) is 16.8. The third-order valence-corrected chi connectivity index (χ3v) is 4.16. The van der Waals surface area contributed by atoms with Gasteiger partial charge in [-0.1, -0.05) is 48.0 Å². The van der Waals surface area contributed by atoms with Crippen LogP contribution in [0.3, 0.4) is 0 Å². The van der Waals surface area contributed by atoms with Crippen molar-refractivity contribution in [3.05, 3.63) is 71.3 Å². The van der Waals surface area contributed by atoms with Gasteiger partial charge in [-0.15, -0.1) is 0 Å². The molecule has 0 amide bonds. The Hall–Kier alpha value is -2.17. The van der Waals surface area contributed by atoms with E-state index in [1.807, 2.05) is 25.1 Å². The zero-order valence-corrected chi connectivity index (χ0v) is 14.0. The molecule has 3 rings (SSSR count). The molecule has 0 radical (unpaired) electrons. The minimum atomic E-state index is -0.293. The molecule has 24 heavy (non-hydrogen) atoms. The number of nitrogens with zero attached hydrogens (tertiary/aromatic N) is 1. The first-order chi connectivity index (χ1) is 11.7. The summed E-state index contributed by atoms with van der Waals surface area (Å²) in [5.41, 5.74) is 2.99. The number of carbonyl (C=O) groups is 1. The summed E-state index contributed by atoms with van der Waals surface area (Å²) in [6.07, 6.45) is -0.0724. The highest BCUT2D eigenvalue weighted by atomic mass is 16.6. The first-order valence-corrected chi connectivity index (χ1v) is 8.32. The maximum Gasteiger partial charge on any atom is 0.338 e. The molecule has 1 saturated heterocycles. The monoisotopic (exact) mass is 325 g/mol. The van der Waals surface area contributed by atoms with Gasteiger partial charge < -0.3 is 9.47 Å². The molecular formula is C20H23NO3. The van der Waals surface area contributed by atoms with Crippen LogP contribution >= 0.6 is 0 Å². The lowest BCUT2D eigenvalue weighted by atomic mass is 10.1. The van der Waals surface area contributed by atoms with Crippen molar-refractivity contribution in [2.45, 2.75) is 19.6 Å². The first kappa shape index (κ1) is 16.7. The van der Waals surface area contributed by atoms with Crippen LogP contribution in [0.1, 0.15) is 21.5 Å². The topological polar surface area (TPSA) is 38.8 Å². The molecule has 0 bridgehead atoms. The molecule has 1 aliphatic rings. The summed E-state index contributed by atoms with van der Waals surface area (Å²) in [5.74, 6) is -0.293. The van der Waals surface area contributed by atoms with Crippen LogP contribution in [0.4, 0.5) is 0 Å². The minimum Gasteiger partial charge on any atom is -0.459 e. The lowest BCUT2D eigenvalue weighted by Crippen LogP contribution is -2.44. The highest BCUT2D eigenvalue weighted by molar-refractivity contribution is 5.89. The molecule has 1 aliphatic heterocycles. The van der Waals surface area contributed by atoms with Gasteiger partial charge in [0.25, 0.3) is 0 Å². The number of morpholine rings is 1. The normalized spacial score (nSPS) is 18.3. The second-order valence-electron chi connectivity index (χ2n) is 6.18. The Morgan fingerprint density at radius 2 is 1.92 bits per heavy atom. The number of aryl methyl sites for hydroxylation is 1. The number of hydrogen-bond acceptors (Lipinski definition) is 4. The van der Waals surface area contributed by atoms with Gasteiger partial charge in [0.2, 0.25) is 0 Å². The number of hydrogen-bond donors (Lipinski definition) is 0. The zero-order valence-electron chi connectivity index (χ0n) is 14.0. The summed E-state index contributed by atoms with van der Waals surface area (Å²) in [6, 6.07) is 17.8. The molecule has 1 atom stereocenters. The summed E-state index contributed by atoms with van der Waals surface area (Å²) in [5, 5.41) is 0. The molecule has 1 heterocycles. The molecule has 126 valence electrons. The van der Waals surface area contributed by atoms with E-state index < -0.39 is 0 Å². The fourth-order valence-electron chi connectivity index (χ4n) is 2.81. The molecule has 0 N–H and O–H groups in total. The van der Waals surface area contributed by atoms with Crippen molar-refractivity contribution in [2.75, 3.05) is 26.3 Å². The number of esters is 1. The third kappa shape index (κ3) is 4.66. The van der Waals surface area contributed by atoms with E-state index >= 15 is 0 Å². The van der Waals surface area contributed by atoms with Gasteiger partial charge in [0, 0.05) is 19.6 Å². The van der Waals surface area contributed by atoms with Crippen LogP contribution in [0, 0.1) is 6.92 Å². The number of carbonyl (C=O) groups excluding carboxylic acids is 1. The molecule has 0 spiro atoms. The molecule has 2 aromatic carbocycles. The quantitative estimate of drug-likeness (QED) is 0.792. The number of ether oxygens (including phenoxy) is 2. The summed E-state index contributed by atoms with van der Waals surface area (Å²) < 4.78 is 11.1. The highest BCUT2D eigenvalue weighted by Gasteiger charge is 2.22. The molecule has 1 fully saturated rings. The van der Waals surface area contributed by atoms with Crippen molar-refractivity contribution >= 4 is 5.97 Å². The van der Waals surface area contributed by atoms with Crippen LogP contribution in [0.25, 0.3) is 0 Å². The molecule has 1 unspecified atom stereocenters. The molecular weight excluding hydrogens is 302 g/mol. The second kappa shape index (κ2) is 8.08. The van der Waals surface area contributed by atoms with Gasteiger partial charge in [0.1, 0.15) is 12.7 Å². The van der Waals surface area contributed by atoms with E-state index in [1.165, 1.54) is 5.56 Å². The largest absolute Gasteiger partial charge is 0.459 e. The summed E-state index contributed by atoms with van der Waals surface area (Å²) in [7, 11) is 0. The summed E-state index contributed by atoms with van der Waals surface area (Å²) in [6.45, 7) is 5.52. The van der Waals surface area contributed by atoms with Crippen molar-refractivity contribution in [1.29, 1.82) is 0 Å². The SMILES string of the molecule is Cc1ccc(C(=O)OCC2CN(Cc3ccccc3)CCO2)cc1. The van der Waals surface area contributed by atoms with E-state index in [9.17, 15) is 4.79 Å². The van der Waals surface area contributed by atoms with Crippen LogP contribution in [0.15, 0.2) is 54.6 Å². The third-order valence-electron chi connectivity index (χ3n) is 4.16. The second-order valence-corrected chi connectivity index (χ2v) is 6.18. The van der Waals surface area contributed by atoms with Crippen molar-refractivity contribution in [2.24, 2.45) is 0 Å². The fraction of sp³-hybridized carbons (Fsp3) is 0.350. The fourth-order valence-corrected chi connectivity index (χ4v) is 2.81. The van der Waals surface area contributed by atoms with Crippen LogP contribution in [-0.2, 0) is 16.0 Å². The Balaban J connectivity index is 1.48. The number of rotatable bonds is 5. The van der Waals surface area contributed by atoms with Crippen LogP contribution in [0.5, 0.6) is 0 Å². The van der Waals surface area contributed by atoms with E-state index in [2.05, 4.69) is 29.2 Å². The molecule has 2 aromatic rings.